The van der Waals surface area contributed by atoms with Gasteiger partial charge in [0.15, 0.2) is 0 Å². The quantitative estimate of drug-likeness (QED) is 0.892. The summed E-state index contributed by atoms with van der Waals surface area (Å²) in [6.07, 6.45) is 7.28. The molecule has 114 valence electrons. The molecule has 2 N–H and O–H groups in total. The van der Waals surface area contributed by atoms with E-state index in [9.17, 15) is 4.79 Å². The normalized spacial score (nSPS) is 36.9. The van der Waals surface area contributed by atoms with E-state index >= 15 is 0 Å². The van der Waals surface area contributed by atoms with E-state index in [1.165, 1.54) is 37.0 Å². The molecule has 1 aromatic heterocycles. The van der Waals surface area contributed by atoms with Gasteiger partial charge in [-0.3, -0.25) is 4.79 Å². The summed E-state index contributed by atoms with van der Waals surface area (Å²) in [5.74, 6) is 4.01. The first kappa shape index (κ1) is 13.8. The number of hydrogen-bond acceptors (Lipinski definition) is 3. The Labute approximate surface area is 130 Å². The Bertz CT molecular complexity index is 541. The highest BCUT2D eigenvalue weighted by molar-refractivity contribution is 7.10. The Hall–Kier alpha value is -0.870. The third-order valence-electron chi connectivity index (χ3n) is 6.01. The molecule has 0 aromatic carbocycles. The third-order valence-corrected chi connectivity index (χ3v) is 6.93. The van der Waals surface area contributed by atoms with Crippen molar-refractivity contribution in [3.05, 3.63) is 16.3 Å². The lowest BCUT2D eigenvalue weighted by atomic mass is 9.79. The van der Waals surface area contributed by atoms with Gasteiger partial charge < -0.3 is 10.6 Å². The Morgan fingerprint density at radius 1 is 1.29 bits per heavy atom. The molecule has 3 fully saturated rings. The van der Waals surface area contributed by atoms with Gasteiger partial charge in [-0.2, -0.15) is 0 Å². The van der Waals surface area contributed by atoms with Crippen molar-refractivity contribution in [2.24, 2.45) is 23.7 Å². The smallest absolute Gasteiger partial charge is 0.221 e. The van der Waals surface area contributed by atoms with Gasteiger partial charge in [-0.05, 0) is 60.8 Å². The van der Waals surface area contributed by atoms with Crippen LogP contribution in [0.3, 0.4) is 0 Å². The largest absolute Gasteiger partial charge is 0.325 e. The molecule has 5 unspecified atom stereocenters. The monoisotopic (exact) mass is 304 g/mol. The van der Waals surface area contributed by atoms with Gasteiger partial charge in [0, 0.05) is 24.4 Å². The van der Waals surface area contributed by atoms with Crippen LogP contribution in [0.5, 0.6) is 0 Å². The number of hydrogen-bond donors (Lipinski definition) is 2. The van der Waals surface area contributed by atoms with Crippen molar-refractivity contribution >= 4 is 22.9 Å². The Morgan fingerprint density at radius 2 is 2.14 bits per heavy atom. The van der Waals surface area contributed by atoms with Gasteiger partial charge in [0.1, 0.15) is 0 Å². The van der Waals surface area contributed by atoms with Gasteiger partial charge in [0.05, 0.1) is 5.69 Å². The molecule has 0 spiro atoms. The maximum absolute atomic E-state index is 11.2. The van der Waals surface area contributed by atoms with Crippen molar-refractivity contribution in [1.29, 1.82) is 0 Å². The molecule has 1 aromatic rings. The first-order valence-electron chi connectivity index (χ1n) is 8.29. The van der Waals surface area contributed by atoms with Gasteiger partial charge in [-0.15, -0.1) is 11.3 Å². The van der Waals surface area contributed by atoms with Crippen LogP contribution < -0.4 is 10.6 Å². The molecule has 0 aliphatic heterocycles. The van der Waals surface area contributed by atoms with Crippen LogP contribution in [0.25, 0.3) is 0 Å². The summed E-state index contributed by atoms with van der Waals surface area (Å²) in [7, 11) is 0. The summed E-state index contributed by atoms with van der Waals surface area (Å²) < 4.78 is 0. The molecule has 0 saturated heterocycles. The minimum atomic E-state index is 0.0170. The molecular weight excluding hydrogens is 280 g/mol. The number of fused-ring (bicyclic) bond motifs is 5. The predicted octanol–water partition coefficient (Wildman–Crippen LogP) is 3.62. The molecule has 0 radical (unpaired) electrons. The number of anilines is 1. The molecule has 21 heavy (non-hydrogen) atoms. The third kappa shape index (κ3) is 2.42. The summed E-state index contributed by atoms with van der Waals surface area (Å²) in [5, 5.41) is 8.80. The van der Waals surface area contributed by atoms with E-state index < -0.39 is 0 Å². The molecule has 3 saturated carbocycles. The van der Waals surface area contributed by atoms with Crippen molar-refractivity contribution in [1.82, 2.24) is 5.32 Å². The summed E-state index contributed by atoms with van der Waals surface area (Å²) in [5.41, 5.74) is 0.988. The van der Waals surface area contributed by atoms with Gasteiger partial charge in [-0.25, -0.2) is 0 Å². The maximum Gasteiger partial charge on any atom is 0.221 e. The predicted molar refractivity (Wildman–Crippen MR) is 86.3 cm³/mol. The summed E-state index contributed by atoms with van der Waals surface area (Å²) in [6, 6.07) is 2.72. The fourth-order valence-electron chi connectivity index (χ4n) is 5.31. The number of thiophene rings is 1. The van der Waals surface area contributed by atoms with Crippen molar-refractivity contribution in [3.8, 4) is 0 Å². The van der Waals surface area contributed by atoms with Crippen LogP contribution in [0, 0.1) is 23.7 Å². The first-order chi connectivity index (χ1) is 10.2. The van der Waals surface area contributed by atoms with E-state index in [-0.39, 0.29) is 5.91 Å². The van der Waals surface area contributed by atoms with Crippen LogP contribution in [0.1, 0.15) is 43.9 Å². The molecular formula is C17H24N2OS. The second-order valence-electron chi connectivity index (χ2n) is 7.08. The van der Waals surface area contributed by atoms with E-state index in [2.05, 4.69) is 16.0 Å². The molecule has 1 heterocycles. The van der Waals surface area contributed by atoms with Crippen LogP contribution in [0.15, 0.2) is 11.4 Å². The average molecular weight is 304 g/mol. The summed E-state index contributed by atoms with van der Waals surface area (Å²) in [6.45, 7) is 2.48. The fraction of sp³-hybridized carbons (Fsp3) is 0.706. The highest BCUT2D eigenvalue weighted by Crippen LogP contribution is 2.58. The van der Waals surface area contributed by atoms with Gasteiger partial charge in [0.25, 0.3) is 0 Å². The molecule has 5 atom stereocenters. The lowest BCUT2D eigenvalue weighted by Gasteiger charge is -2.32. The van der Waals surface area contributed by atoms with Crippen LogP contribution >= 0.6 is 11.3 Å². The number of rotatable bonds is 4. The number of nitrogens with one attached hydrogen (secondary N) is 2. The minimum Gasteiger partial charge on any atom is -0.325 e. The number of carbonyl (C=O) groups is 1. The zero-order valence-corrected chi connectivity index (χ0v) is 13.4. The van der Waals surface area contributed by atoms with Crippen molar-refractivity contribution < 1.29 is 4.79 Å². The Morgan fingerprint density at radius 3 is 3.00 bits per heavy atom. The van der Waals surface area contributed by atoms with Crippen LogP contribution in [-0.2, 0) is 11.3 Å². The van der Waals surface area contributed by atoms with Crippen molar-refractivity contribution in [2.75, 3.05) is 5.32 Å². The van der Waals surface area contributed by atoms with Gasteiger partial charge >= 0.3 is 0 Å². The Kier molecular flexibility index (Phi) is 3.54. The average Bonchev–Trinajstić information content (AvgIpc) is 3.18. The maximum atomic E-state index is 11.2. The summed E-state index contributed by atoms with van der Waals surface area (Å²) in [4.78, 5) is 12.5. The second-order valence-corrected chi connectivity index (χ2v) is 8.08. The molecule has 3 nitrogen and oxygen atoms in total. The van der Waals surface area contributed by atoms with Crippen LogP contribution in [0.4, 0.5) is 5.69 Å². The van der Waals surface area contributed by atoms with Crippen LogP contribution in [-0.4, -0.2) is 11.9 Å². The van der Waals surface area contributed by atoms with E-state index in [4.69, 9.17) is 0 Å². The lowest BCUT2D eigenvalue weighted by Crippen LogP contribution is -2.38. The Balaban J connectivity index is 1.38. The fourth-order valence-corrected chi connectivity index (χ4v) is 6.09. The molecule has 3 aliphatic carbocycles. The standard InChI is InChI=1S/C17H24N2OS/c1-10(20)19-15-5-6-21-17(15)9-18-16-8-11-7-14(16)13-4-2-3-12(11)13/h5-6,11-14,16,18H,2-4,7-9H2,1H3,(H,19,20). The van der Waals surface area contributed by atoms with E-state index in [0.717, 1.165) is 35.9 Å². The van der Waals surface area contributed by atoms with Crippen molar-refractivity contribution in [2.45, 2.75) is 51.6 Å². The SMILES string of the molecule is CC(=O)Nc1ccsc1CNC1CC2CC1C1CCCC21. The van der Waals surface area contributed by atoms with Gasteiger partial charge in [0.2, 0.25) is 5.91 Å². The van der Waals surface area contributed by atoms with E-state index in [1.807, 2.05) is 6.07 Å². The minimum absolute atomic E-state index is 0.0170. The van der Waals surface area contributed by atoms with E-state index in [0.29, 0.717) is 6.04 Å². The zero-order valence-electron chi connectivity index (χ0n) is 12.6. The topological polar surface area (TPSA) is 41.1 Å². The van der Waals surface area contributed by atoms with Crippen molar-refractivity contribution in [3.63, 3.8) is 0 Å². The van der Waals surface area contributed by atoms with E-state index in [1.54, 1.807) is 18.3 Å². The molecule has 2 bridgehead atoms. The number of amides is 1. The van der Waals surface area contributed by atoms with Gasteiger partial charge in [-0.1, -0.05) is 6.42 Å². The highest BCUT2D eigenvalue weighted by atomic mass is 32.1. The highest BCUT2D eigenvalue weighted by Gasteiger charge is 2.53. The molecule has 1 amide bonds. The number of carbonyl (C=O) groups excluding carboxylic acids is 1. The lowest BCUT2D eigenvalue weighted by molar-refractivity contribution is -0.114. The summed E-state index contributed by atoms with van der Waals surface area (Å²) >= 11 is 1.74. The zero-order chi connectivity index (χ0) is 14.4. The molecule has 4 heteroatoms. The molecule has 3 aliphatic rings. The first-order valence-corrected chi connectivity index (χ1v) is 9.17. The second kappa shape index (κ2) is 5.40. The van der Waals surface area contributed by atoms with Crippen LogP contribution in [0.2, 0.25) is 0 Å². The molecule has 4 rings (SSSR count).